The van der Waals surface area contributed by atoms with E-state index >= 15 is 0 Å². The summed E-state index contributed by atoms with van der Waals surface area (Å²) >= 11 is 16.6. The van der Waals surface area contributed by atoms with Gasteiger partial charge in [-0.3, -0.25) is 13.9 Å². The van der Waals surface area contributed by atoms with Crippen molar-refractivity contribution in [1.29, 1.82) is 0 Å². The molecule has 0 aromatic heterocycles. The normalized spacial score (nSPS) is 12.7. The molecule has 2 atom stereocenters. The lowest BCUT2D eigenvalue weighted by atomic mass is 10.0. The Morgan fingerprint density at radius 2 is 1.48 bits per heavy atom. The molecule has 4 rings (SSSR count). The maximum Gasteiger partial charge on any atom is 0.264 e. The number of aryl methyl sites for hydroxylation is 1. The highest BCUT2D eigenvalue weighted by Crippen LogP contribution is 2.29. The number of nitrogens with one attached hydrogen (secondary N) is 1. The molecule has 7 nitrogen and oxygen atoms in total. The fourth-order valence-corrected chi connectivity index (χ4v) is 7.02. The van der Waals surface area contributed by atoms with Gasteiger partial charge in [0.25, 0.3) is 10.0 Å². The molecule has 0 saturated carbocycles. The lowest BCUT2D eigenvalue weighted by molar-refractivity contribution is -0.140. The van der Waals surface area contributed by atoms with E-state index in [1.807, 2.05) is 51.1 Å². The van der Waals surface area contributed by atoms with Gasteiger partial charge in [0.05, 0.1) is 10.6 Å². The number of sulfonamides is 1. The molecule has 46 heavy (non-hydrogen) atoms. The number of rotatable bonds is 13. The molecule has 4 aromatic carbocycles. The average molecular weight is 746 g/mol. The Morgan fingerprint density at radius 1 is 0.870 bits per heavy atom. The van der Waals surface area contributed by atoms with E-state index in [0.717, 1.165) is 19.9 Å². The van der Waals surface area contributed by atoms with Crippen molar-refractivity contribution in [2.45, 2.75) is 57.1 Å². The summed E-state index contributed by atoms with van der Waals surface area (Å²) in [5.74, 6) is -0.971. The highest BCUT2D eigenvalue weighted by atomic mass is 79.9. The standard InChI is InChI=1S/C35H36BrCl2N3O4S/c1-4-25(3)39-35(43)33(21-26-9-6-5-7-10-26)40(22-30-31(37)11-8-12-32(30)38)34(42)23-41(28-17-15-27(36)16-18-28)46(44,45)29-19-13-24(2)14-20-29/h5-20,25,33H,4,21-23H2,1-3H3,(H,39,43)/t25-,33+/m0/s1. The van der Waals surface area contributed by atoms with E-state index in [9.17, 15) is 18.0 Å². The van der Waals surface area contributed by atoms with Crippen molar-refractivity contribution in [3.05, 3.63) is 128 Å². The van der Waals surface area contributed by atoms with E-state index in [-0.39, 0.29) is 35.5 Å². The monoisotopic (exact) mass is 743 g/mol. The van der Waals surface area contributed by atoms with Crippen molar-refractivity contribution in [3.8, 4) is 0 Å². The first-order valence-corrected chi connectivity index (χ1v) is 17.8. The Morgan fingerprint density at radius 3 is 2.07 bits per heavy atom. The van der Waals surface area contributed by atoms with E-state index < -0.39 is 28.5 Å². The second kappa shape index (κ2) is 16.0. The lowest BCUT2D eigenvalue weighted by Gasteiger charge is -2.34. The van der Waals surface area contributed by atoms with E-state index in [1.54, 1.807) is 54.6 Å². The van der Waals surface area contributed by atoms with Gasteiger partial charge in [-0.25, -0.2) is 8.42 Å². The number of benzene rings is 4. The van der Waals surface area contributed by atoms with Crippen LogP contribution >= 0.6 is 39.1 Å². The third-order valence-corrected chi connectivity index (χ3v) is 10.7. The number of carbonyl (C=O) groups excluding carboxylic acids is 2. The number of carbonyl (C=O) groups is 2. The van der Waals surface area contributed by atoms with Crippen LogP contribution in [0.4, 0.5) is 5.69 Å². The van der Waals surface area contributed by atoms with Crippen molar-refractivity contribution < 1.29 is 18.0 Å². The van der Waals surface area contributed by atoms with Gasteiger partial charge in [0.1, 0.15) is 12.6 Å². The Balaban J connectivity index is 1.84. The molecule has 0 bridgehead atoms. The fourth-order valence-electron chi connectivity index (χ4n) is 4.82. The minimum atomic E-state index is -4.21. The van der Waals surface area contributed by atoms with Crippen LogP contribution in [0.25, 0.3) is 0 Å². The minimum absolute atomic E-state index is 0.0323. The Bertz CT molecular complexity index is 1740. The molecule has 11 heteroatoms. The summed E-state index contributed by atoms with van der Waals surface area (Å²) in [7, 11) is -4.21. The summed E-state index contributed by atoms with van der Waals surface area (Å²) in [4.78, 5) is 30.0. The van der Waals surface area contributed by atoms with Crippen molar-refractivity contribution in [1.82, 2.24) is 10.2 Å². The van der Waals surface area contributed by atoms with Crippen LogP contribution in [0, 0.1) is 6.92 Å². The predicted molar refractivity (Wildman–Crippen MR) is 189 cm³/mol. The lowest BCUT2D eigenvalue weighted by Crippen LogP contribution is -2.54. The third-order valence-electron chi connectivity index (χ3n) is 7.66. The zero-order valence-corrected chi connectivity index (χ0v) is 29.7. The van der Waals surface area contributed by atoms with Gasteiger partial charge in [-0.1, -0.05) is 100 Å². The Labute approximate surface area is 289 Å². The molecule has 0 radical (unpaired) electrons. The van der Waals surface area contributed by atoms with Gasteiger partial charge in [-0.05, 0) is 74.4 Å². The van der Waals surface area contributed by atoms with Crippen molar-refractivity contribution >= 4 is 66.7 Å². The highest BCUT2D eigenvalue weighted by molar-refractivity contribution is 9.10. The van der Waals surface area contributed by atoms with Gasteiger partial charge >= 0.3 is 0 Å². The molecular formula is C35H36BrCl2N3O4S. The molecule has 0 heterocycles. The van der Waals surface area contributed by atoms with Gasteiger partial charge in [0.15, 0.2) is 0 Å². The minimum Gasteiger partial charge on any atom is -0.352 e. The van der Waals surface area contributed by atoms with Crippen molar-refractivity contribution in [2.75, 3.05) is 10.8 Å². The fraction of sp³-hybridized carbons (Fsp3) is 0.257. The van der Waals surface area contributed by atoms with Crippen LogP contribution < -0.4 is 9.62 Å². The predicted octanol–water partition coefficient (Wildman–Crippen LogP) is 7.81. The molecule has 4 aromatic rings. The third kappa shape index (κ3) is 8.91. The second-order valence-electron chi connectivity index (χ2n) is 11.0. The summed E-state index contributed by atoms with van der Waals surface area (Å²) in [5.41, 5.74) is 2.46. The van der Waals surface area contributed by atoms with Gasteiger partial charge in [-0.15, -0.1) is 0 Å². The Hall–Kier alpha value is -3.37. The molecule has 0 aliphatic heterocycles. The van der Waals surface area contributed by atoms with Crippen LogP contribution in [-0.4, -0.2) is 43.8 Å². The smallest absolute Gasteiger partial charge is 0.264 e. The van der Waals surface area contributed by atoms with Crippen LogP contribution in [-0.2, 0) is 32.6 Å². The molecule has 0 saturated heterocycles. The van der Waals surface area contributed by atoms with Gasteiger partial charge in [0, 0.05) is 39.1 Å². The number of anilines is 1. The first kappa shape index (κ1) is 35.5. The first-order chi connectivity index (χ1) is 21.9. The second-order valence-corrected chi connectivity index (χ2v) is 14.6. The summed E-state index contributed by atoms with van der Waals surface area (Å²) in [6.45, 7) is 5.00. The van der Waals surface area contributed by atoms with Gasteiger partial charge < -0.3 is 10.2 Å². The zero-order valence-electron chi connectivity index (χ0n) is 25.8. The number of amides is 2. The summed E-state index contributed by atoms with van der Waals surface area (Å²) in [6.07, 6.45) is 0.861. The molecule has 0 aliphatic carbocycles. The first-order valence-electron chi connectivity index (χ1n) is 14.8. The van der Waals surface area contributed by atoms with E-state index in [0.29, 0.717) is 22.0 Å². The van der Waals surface area contributed by atoms with E-state index in [2.05, 4.69) is 21.2 Å². The number of halogens is 3. The number of nitrogens with zero attached hydrogens (tertiary/aromatic N) is 2. The molecule has 242 valence electrons. The van der Waals surface area contributed by atoms with E-state index in [1.165, 1.54) is 17.0 Å². The number of hydrogen-bond acceptors (Lipinski definition) is 4. The van der Waals surface area contributed by atoms with Gasteiger partial charge in [-0.2, -0.15) is 0 Å². The van der Waals surface area contributed by atoms with Crippen LogP contribution in [0.15, 0.2) is 106 Å². The molecule has 0 spiro atoms. The van der Waals surface area contributed by atoms with Gasteiger partial charge in [0.2, 0.25) is 11.8 Å². The molecule has 0 unspecified atom stereocenters. The quantitative estimate of drug-likeness (QED) is 0.151. The summed E-state index contributed by atoms with van der Waals surface area (Å²) in [5, 5.41) is 3.66. The van der Waals surface area contributed by atoms with Crippen molar-refractivity contribution in [3.63, 3.8) is 0 Å². The average Bonchev–Trinajstić information content (AvgIpc) is 3.03. The molecule has 0 fully saturated rings. The molecular weight excluding hydrogens is 709 g/mol. The Kier molecular flexibility index (Phi) is 12.3. The van der Waals surface area contributed by atoms with Crippen LogP contribution in [0.3, 0.4) is 0 Å². The zero-order chi connectivity index (χ0) is 33.4. The summed E-state index contributed by atoms with van der Waals surface area (Å²) in [6, 6.07) is 26.3. The topological polar surface area (TPSA) is 86.8 Å². The molecule has 0 aliphatic rings. The van der Waals surface area contributed by atoms with Crippen LogP contribution in [0.2, 0.25) is 10.0 Å². The van der Waals surface area contributed by atoms with Crippen LogP contribution in [0.1, 0.15) is 37.0 Å². The maximum atomic E-state index is 14.6. The number of hydrogen-bond donors (Lipinski definition) is 1. The van der Waals surface area contributed by atoms with Crippen LogP contribution in [0.5, 0.6) is 0 Å². The molecule has 2 amide bonds. The SMILES string of the molecule is CC[C@H](C)NC(=O)[C@@H](Cc1ccccc1)N(Cc1c(Cl)cccc1Cl)C(=O)CN(c1ccc(Br)cc1)S(=O)(=O)c1ccc(C)cc1. The van der Waals surface area contributed by atoms with E-state index in [4.69, 9.17) is 23.2 Å². The summed E-state index contributed by atoms with van der Waals surface area (Å²) < 4.78 is 30.1. The largest absolute Gasteiger partial charge is 0.352 e. The highest BCUT2D eigenvalue weighted by Gasteiger charge is 2.35. The molecule has 1 N–H and O–H groups in total. The van der Waals surface area contributed by atoms with Crippen molar-refractivity contribution in [2.24, 2.45) is 0 Å². The maximum absolute atomic E-state index is 14.6.